The number of nitrogens with zero attached hydrogens (tertiary/aromatic N) is 6. The molecule has 0 spiro atoms. The Labute approximate surface area is 225 Å². The molecule has 4 heterocycles. The molecule has 5 rings (SSSR count). The van der Waals surface area contributed by atoms with Gasteiger partial charge in [-0.05, 0) is 36.9 Å². The van der Waals surface area contributed by atoms with Gasteiger partial charge in [-0.1, -0.05) is 5.16 Å². The summed E-state index contributed by atoms with van der Waals surface area (Å²) in [7, 11) is 1.43. The quantitative estimate of drug-likeness (QED) is 0.376. The third kappa shape index (κ3) is 5.57. The molecule has 2 fully saturated rings. The van der Waals surface area contributed by atoms with Crippen molar-refractivity contribution in [1.82, 2.24) is 40.4 Å². The Morgan fingerprint density at radius 1 is 1.30 bits per heavy atom. The third-order valence-electron chi connectivity index (χ3n) is 7.42. The number of halogens is 4. The summed E-state index contributed by atoms with van der Waals surface area (Å²) in [6.07, 6.45) is 0.0189. The molecule has 3 aromatic heterocycles. The summed E-state index contributed by atoms with van der Waals surface area (Å²) in [5, 5.41) is 16.7. The first-order chi connectivity index (χ1) is 19.1. The van der Waals surface area contributed by atoms with Gasteiger partial charge in [0, 0.05) is 32.1 Å². The van der Waals surface area contributed by atoms with Crippen LogP contribution in [0.3, 0.4) is 0 Å². The molecule has 3 aromatic rings. The van der Waals surface area contributed by atoms with Crippen LogP contribution in [0.15, 0.2) is 23.1 Å². The summed E-state index contributed by atoms with van der Waals surface area (Å²) in [4.78, 5) is 31.3. The lowest BCUT2D eigenvalue weighted by Gasteiger charge is -2.33. The Morgan fingerprint density at radius 2 is 2.05 bits per heavy atom. The highest BCUT2D eigenvalue weighted by Crippen LogP contribution is 2.41. The molecule has 1 aliphatic heterocycles. The van der Waals surface area contributed by atoms with Crippen LogP contribution < -0.4 is 10.6 Å². The number of amides is 3. The van der Waals surface area contributed by atoms with Crippen molar-refractivity contribution in [2.75, 3.05) is 20.3 Å². The molecule has 216 valence electrons. The maximum Gasteiger partial charge on any atom is 0.318 e. The molecular formula is C24H28F4N8O4. The Hall–Kier alpha value is -3.82. The SMILES string of the molecule is COC[C@H](c1cnn2cc([C@@H](NC(=O)c3nonc3C)C3CCC(F)(F)CC3)nc2c1)N1C[C@@H](C(F)F)NC1=O. The Morgan fingerprint density at radius 3 is 2.67 bits per heavy atom. The van der Waals surface area contributed by atoms with E-state index in [1.165, 1.54) is 22.7 Å². The fraction of sp³-hybridized carbons (Fsp3) is 0.583. The van der Waals surface area contributed by atoms with Crippen LogP contribution in [-0.4, -0.2) is 80.4 Å². The number of carbonyl (C=O) groups is 2. The maximum absolute atomic E-state index is 13.9. The molecule has 3 atom stereocenters. The molecule has 0 radical (unpaired) electrons. The first kappa shape index (κ1) is 27.7. The molecule has 16 heteroatoms. The van der Waals surface area contributed by atoms with E-state index < -0.39 is 42.4 Å². The van der Waals surface area contributed by atoms with Crippen LogP contribution in [-0.2, 0) is 4.74 Å². The monoisotopic (exact) mass is 568 g/mol. The second kappa shape index (κ2) is 11.0. The van der Waals surface area contributed by atoms with Crippen LogP contribution in [0, 0.1) is 12.8 Å². The summed E-state index contributed by atoms with van der Waals surface area (Å²) < 4.78 is 65.7. The first-order valence-corrected chi connectivity index (χ1v) is 12.7. The third-order valence-corrected chi connectivity index (χ3v) is 7.42. The molecule has 0 unspecified atom stereocenters. The summed E-state index contributed by atoms with van der Waals surface area (Å²) in [5.41, 5.74) is 1.49. The van der Waals surface area contributed by atoms with Crippen molar-refractivity contribution in [2.24, 2.45) is 5.92 Å². The molecule has 3 amide bonds. The number of aromatic nitrogens is 5. The average molecular weight is 569 g/mol. The minimum Gasteiger partial charge on any atom is -0.382 e. The van der Waals surface area contributed by atoms with Crippen LogP contribution in [0.1, 0.15) is 65.2 Å². The molecule has 0 aromatic carbocycles. The lowest BCUT2D eigenvalue weighted by molar-refractivity contribution is -0.0495. The van der Waals surface area contributed by atoms with E-state index in [9.17, 15) is 27.2 Å². The number of nitrogens with one attached hydrogen (secondary N) is 2. The molecule has 40 heavy (non-hydrogen) atoms. The first-order valence-electron chi connectivity index (χ1n) is 12.7. The zero-order valence-electron chi connectivity index (χ0n) is 21.7. The van der Waals surface area contributed by atoms with Crippen LogP contribution >= 0.6 is 0 Å². The van der Waals surface area contributed by atoms with E-state index in [4.69, 9.17) is 4.74 Å². The average Bonchev–Trinajstić information content (AvgIpc) is 3.63. The van der Waals surface area contributed by atoms with Gasteiger partial charge in [0.15, 0.2) is 11.3 Å². The number of methoxy groups -OCH3 is 1. The maximum atomic E-state index is 13.9. The van der Waals surface area contributed by atoms with Crippen molar-refractivity contribution in [2.45, 2.75) is 63.1 Å². The van der Waals surface area contributed by atoms with Crippen LogP contribution in [0.5, 0.6) is 0 Å². The largest absolute Gasteiger partial charge is 0.382 e. The number of imidazole rings is 1. The van der Waals surface area contributed by atoms with Crippen molar-refractivity contribution < 1.29 is 36.5 Å². The van der Waals surface area contributed by atoms with Gasteiger partial charge in [-0.2, -0.15) is 5.10 Å². The Bertz CT molecular complexity index is 1370. The second-order valence-corrected chi connectivity index (χ2v) is 10.1. The van der Waals surface area contributed by atoms with Crippen LogP contribution in [0.25, 0.3) is 5.65 Å². The molecule has 0 bridgehead atoms. The number of hydrogen-bond donors (Lipinski definition) is 2. The number of hydrogen-bond acceptors (Lipinski definition) is 8. The number of alkyl halides is 4. The van der Waals surface area contributed by atoms with E-state index in [0.29, 0.717) is 16.9 Å². The highest BCUT2D eigenvalue weighted by molar-refractivity contribution is 5.93. The molecule has 1 saturated heterocycles. The summed E-state index contributed by atoms with van der Waals surface area (Å²) in [6, 6.07) is -1.77. The highest BCUT2D eigenvalue weighted by Gasteiger charge is 2.41. The van der Waals surface area contributed by atoms with E-state index in [0.717, 1.165) is 0 Å². The fourth-order valence-electron chi connectivity index (χ4n) is 5.24. The molecule has 1 aliphatic carbocycles. The van der Waals surface area contributed by atoms with Gasteiger partial charge in [0.05, 0.1) is 36.8 Å². The summed E-state index contributed by atoms with van der Waals surface area (Å²) >= 11 is 0. The normalized spacial score (nSPS) is 21.1. The number of carbonyl (C=O) groups excluding carboxylic acids is 2. The zero-order chi connectivity index (χ0) is 28.6. The predicted molar refractivity (Wildman–Crippen MR) is 129 cm³/mol. The van der Waals surface area contributed by atoms with E-state index >= 15 is 0 Å². The number of ether oxygens (including phenoxy) is 1. The van der Waals surface area contributed by atoms with Gasteiger partial charge in [-0.25, -0.2) is 36.5 Å². The summed E-state index contributed by atoms with van der Waals surface area (Å²) in [5.74, 6) is -3.69. The standard InChI is InChI=1S/C24H28F4N8O4/c1-12-19(34-40-33-12)22(37)32-20(13-3-5-24(27,28)6-4-13)15-10-36-18(30-15)7-14(8-29-36)17(11-39-2)35-9-16(21(25)26)31-23(35)38/h7-8,10,13,16-17,20-21H,3-6,9,11H2,1-2H3,(H,31,38)(H,32,37)/t16-,17+,20-/m0/s1. The van der Waals surface area contributed by atoms with E-state index in [-0.39, 0.29) is 56.1 Å². The van der Waals surface area contributed by atoms with Gasteiger partial charge in [0.2, 0.25) is 5.92 Å². The van der Waals surface area contributed by atoms with E-state index in [2.05, 4.69) is 35.7 Å². The molecule has 12 nitrogen and oxygen atoms in total. The number of rotatable bonds is 9. The second-order valence-electron chi connectivity index (χ2n) is 10.1. The predicted octanol–water partition coefficient (Wildman–Crippen LogP) is 3.06. The lowest BCUT2D eigenvalue weighted by atomic mass is 9.81. The van der Waals surface area contributed by atoms with E-state index in [1.807, 2.05) is 0 Å². The fourth-order valence-corrected chi connectivity index (χ4v) is 5.24. The van der Waals surface area contributed by atoms with Crippen LogP contribution in [0.2, 0.25) is 0 Å². The summed E-state index contributed by atoms with van der Waals surface area (Å²) in [6.45, 7) is 1.36. The van der Waals surface area contributed by atoms with Gasteiger partial charge < -0.3 is 20.3 Å². The minimum absolute atomic E-state index is 0.0227. The van der Waals surface area contributed by atoms with Crippen molar-refractivity contribution in [1.29, 1.82) is 0 Å². The molecular weight excluding hydrogens is 540 g/mol. The number of aryl methyl sites for hydroxylation is 1. The van der Waals surface area contributed by atoms with E-state index in [1.54, 1.807) is 19.2 Å². The zero-order valence-corrected chi connectivity index (χ0v) is 21.7. The molecule has 1 saturated carbocycles. The molecule has 2 N–H and O–H groups in total. The van der Waals surface area contributed by atoms with Gasteiger partial charge in [0.1, 0.15) is 11.7 Å². The number of fused-ring (bicyclic) bond motifs is 1. The molecule has 2 aliphatic rings. The van der Waals surface area contributed by atoms with Gasteiger partial charge in [-0.3, -0.25) is 4.79 Å². The number of urea groups is 1. The van der Waals surface area contributed by atoms with Gasteiger partial charge >= 0.3 is 6.03 Å². The highest BCUT2D eigenvalue weighted by atomic mass is 19.3. The smallest absolute Gasteiger partial charge is 0.318 e. The topological polar surface area (TPSA) is 140 Å². The van der Waals surface area contributed by atoms with Crippen molar-refractivity contribution >= 4 is 17.6 Å². The lowest BCUT2D eigenvalue weighted by Crippen LogP contribution is -2.37. The van der Waals surface area contributed by atoms with Crippen LogP contribution in [0.4, 0.5) is 22.4 Å². The Balaban J connectivity index is 1.45. The van der Waals surface area contributed by atoms with Gasteiger partial charge in [0.25, 0.3) is 12.3 Å². The van der Waals surface area contributed by atoms with Crippen molar-refractivity contribution in [3.05, 3.63) is 41.1 Å². The minimum atomic E-state index is -2.77. The van der Waals surface area contributed by atoms with Gasteiger partial charge in [-0.15, -0.1) is 0 Å². The van der Waals surface area contributed by atoms with Crippen molar-refractivity contribution in [3.8, 4) is 0 Å². The van der Waals surface area contributed by atoms with Crippen molar-refractivity contribution in [3.63, 3.8) is 0 Å². The Kier molecular flexibility index (Phi) is 7.61.